The molecule has 0 saturated carbocycles. The Bertz CT molecular complexity index is 953. The van der Waals surface area contributed by atoms with Crippen molar-refractivity contribution in [3.8, 4) is 0 Å². The largest absolute Gasteiger partial charge is 0.467 e. The molecule has 7 nitrogen and oxygen atoms in total. The van der Waals surface area contributed by atoms with Crippen LogP contribution in [0.15, 0.2) is 54.6 Å². The maximum absolute atomic E-state index is 13.4. The van der Waals surface area contributed by atoms with Gasteiger partial charge >= 0.3 is 5.97 Å². The van der Waals surface area contributed by atoms with E-state index in [0.717, 1.165) is 10.5 Å². The summed E-state index contributed by atoms with van der Waals surface area (Å²) < 4.78 is 4.85. The van der Waals surface area contributed by atoms with Gasteiger partial charge in [0.05, 0.1) is 18.2 Å². The molecule has 0 radical (unpaired) electrons. The summed E-state index contributed by atoms with van der Waals surface area (Å²) in [5, 5.41) is 2.72. The molecule has 2 aromatic carbocycles. The molecule has 3 amide bonds. The van der Waals surface area contributed by atoms with Crippen molar-refractivity contribution in [2.75, 3.05) is 7.11 Å². The minimum Gasteiger partial charge on any atom is -0.467 e. The molecule has 0 aromatic heterocycles. The van der Waals surface area contributed by atoms with Crippen LogP contribution < -0.4 is 5.32 Å². The molecule has 0 aliphatic carbocycles. The lowest BCUT2D eigenvalue weighted by Gasteiger charge is -2.29. The van der Waals surface area contributed by atoms with Gasteiger partial charge in [-0.1, -0.05) is 62.7 Å². The fourth-order valence-electron chi connectivity index (χ4n) is 3.68. The first-order valence-electron chi connectivity index (χ1n) is 10.3. The quantitative estimate of drug-likeness (QED) is 0.521. The fraction of sp³-hybridized carbons (Fsp3) is 0.333. The van der Waals surface area contributed by atoms with E-state index >= 15 is 0 Å². The summed E-state index contributed by atoms with van der Waals surface area (Å²) in [7, 11) is 1.26. The van der Waals surface area contributed by atoms with Gasteiger partial charge in [-0.05, 0) is 23.6 Å². The molecule has 2 aromatic rings. The van der Waals surface area contributed by atoms with Crippen LogP contribution in [0.1, 0.15) is 46.5 Å². The number of hydrogen-bond acceptors (Lipinski definition) is 5. The molecule has 162 valence electrons. The zero-order chi connectivity index (χ0) is 22.5. The Morgan fingerprint density at radius 2 is 1.52 bits per heavy atom. The zero-order valence-electron chi connectivity index (χ0n) is 17.8. The van der Waals surface area contributed by atoms with E-state index < -0.39 is 35.8 Å². The molecular formula is C24H26N2O5. The zero-order valence-corrected chi connectivity index (χ0v) is 17.8. The normalized spacial score (nSPS) is 15.8. The van der Waals surface area contributed by atoms with Gasteiger partial charge < -0.3 is 10.1 Å². The number of amides is 3. The van der Waals surface area contributed by atoms with Gasteiger partial charge in [0.25, 0.3) is 11.8 Å². The first-order chi connectivity index (χ1) is 14.9. The van der Waals surface area contributed by atoms with Gasteiger partial charge in [-0.3, -0.25) is 19.3 Å². The SMILES string of the molecule is CC[C@H](C)[C@@H](NC(=O)[C@H](Cc1ccccc1)N1C(=O)c2ccccc2C1=O)C(=O)OC. The molecule has 1 heterocycles. The van der Waals surface area contributed by atoms with E-state index in [4.69, 9.17) is 4.74 Å². The summed E-state index contributed by atoms with van der Waals surface area (Å²) in [4.78, 5) is 52.7. The summed E-state index contributed by atoms with van der Waals surface area (Å²) >= 11 is 0. The van der Waals surface area contributed by atoms with E-state index in [2.05, 4.69) is 5.32 Å². The van der Waals surface area contributed by atoms with Crippen LogP contribution in [0.3, 0.4) is 0 Å². The molecule has 0 spiro atoms. The highest BCUT2D eigenvalue weighted by Crippen LogP contribution is 2.26. The van der Waals surface area contributed by atoms with Crippen molar-refractivity contribution in [2.45, 2.75) is 38.8 Å². The second kappa shape index (κ2) is 9.55. The van der Waals surface area contributed by atoms with E-state index in [1.165, 1.54) is 7.11 Å². The number of carbonyl (C=O) groups excluding carboxylic acids is 4. The van der Waals surface area contributed by atoms with Crippen LogP contribution in [0, 0.1) is 5.92 Å². The number of benzene rings is 2. The average Bonchev–Trinajstić information content (AvgIpc) is 3.05. The van der Waals surface area contributed by atoms with Gasteiger partial charge in [0.1, 0.15) is 12.1 Å². The standard InChI is InChI=1S/C24H26N2O5/c1-4-15(2)20(24(30)31-3)25-21(27)19(14-16-10-6-5-7-11-16)26-22(28)17-12-8-9-13-18(17)23(26)29/h5-13,15,19-20H,4,14H2,1-3H3,(H,25,27)/t15-,19-,20+/m0/s1. The van der Waals surface area contributed by atoms with E-state index in [-0.39, 0.29) is 23.5 Å². The van der Waals surface area contributed by atoms with E-state index in [9.17, 15) is 19.2 Å². The van der Waals surface area contributed by atoms with Crippen molar-refractivity contribution in [1.29, 1.82) is 0 Å². The second-order valence-corrected chi connectivity index (χ2v) is 7.63. The molecule has 0 unspecified atom stereocenters. The fourth-order valence-corrected chi connectivity index (χ4v) is 3.68. The third-order valence-corrected chi connectivity index (χ3v) is 5.68. The van der Waals surface area contributed by atoms with Crippen LogP contribution in [0.4, 0.5) is 0 Å². The predicted octanol–water partition coefficient (Wildman–Crippen LogP) is 2.60. The van der Waals surface area contributed by atoms with Crippen LogP contribution in [-0.4, -0.2) is 47.8 Å². The van der Waals surface area contributed by atoms with E-state index in [0.29, 0.717) is 6.42 Å². The van der Waals surface area contributed by atoms with Crippen molar-refractivity contribution in [2.24, 2.45) is 5.92 Å². The van der Waals surface area contributed by atoms with Crippen molar-refractivity contribution in [3.05, 3.63) is 71.3 Å². The smallest absolute Gasteiger partial charge is 0.328 e. The summed E-state index contributed by atoms with van der Waals surface area (Å²) in [6, 6.07) is 13.7. The topological polar surface area (TPSA) is 92.8 Å². The Labute approximate surface area is 181 Å². The number of nitrogens with one attached hydrogen (secondary N) is 1. The Kier molecular flexibility index (Phi) is 6.84. The molecule has 31 heavy (non-hydrogen) atoms. The van der Waals surface area contributed by atoms with Crippen molar-refractivity contribution < 1.29 is 23.9 Å². The molecule has 3 rings (SSSR count). The van der Waals surface area contributed by atoms with Gasteiger partial charge in [0.2, 0.25) is 5.91 Å². The number of nitrogens with zero attached hydrogens (tertiary/aromatic N) is 1. The minimum absolute atomic E-state index is 0.131. The number of ether oxygens (including phenoxy) is 1. The Balaban J connectivity index is 1.95. The number of imide groups is 1. The summed E-state index contributed by atoms with van der Waals surface area (Å²) in [5.41, 5.74) is 1.33. The van der Waals surface area contributed by atoms with Crippen molar-refractivity contribution in [1.82, 2.24) is 10.2 Å². The van der Waals surface area contributed by atoms with Gasteiger partial charge in [-0.2, -0.15) is 0 Å². The number of hydrogen-bond donors (Lipinski definition) is 1. The number of esters is 1. The van der Waals surface area contributed by atoms with Gasteiger partial charge in [0, 0.05) is 6.42 Å². The molecule has 1 aliphatic heterocycles. The predicted molar refractivity (Wildman–Crippen MR) is 114 cm³/mol. The van der Waals surface area contributed by atoms with E-state index in [1.54, 1.807) is 24.3 Å². The average molecular weight is 422 g/mol. The van der Waals surface area contributed by atoms with Crippen LogP contribution in [0.25, 0.3) is 0 Å². The number of rotatable bonds is 8. The van der Waals surface area contributed by atoms with Crippen LogP contribution in [-0.2, 0) is 20.7 Å². The molecule has 1 aliphatic rings. The van der Waals surface area contributed by atoms with Gasteiger partial charge in [0.15, 0.2) is 0 Å². The maximum atomic E-state index is 13.4. The van der Waals surface area contributed by atoms with Crippen LogP contribution >= 0.6 is 0 Å². The third-order valence-electron chi connectivity index (χ3n) is 5.68. The maximum Gasteiger partial charge on any atom is 0.328 e. The molecule has 0 bridgehead atoms. The highest BCUT2D eigenvalue weighted by molar-refractivity contribution is 6.22. The first kappa shape index (κ1) is 22.2. The number of fused-ring (bicyclic) bond motifs is 1. The molecule has 0 saturated heterocycles. The highest BCUT2D eigenvalue weighted by Gasteiger charge is 2.43. The summed E-state index contributed by atoms with van der Waals surface area (Å²) in [6.45, 7) is 3.73. The lowest BCUT2D eigenvalue weighted by Crippen LogP contribution is -2.55. The molecule has 1 N–H and O–H groups in total. The second-order valence-electron chi connectivity index (χ2n) is 7.63. The van der Waals surface area contributed by atoms with Gasteiger partial charge in [-0.25, -0.2) is 4.79 Å². The summed E-state index contributed by atoms with van der Waals surface area (Å²) in [5.74, 6) is -2.36. The van der Waals surface area contributed by atoms with E-state index in [1.807, 2.05) is 44.2 Å². The molecule has 7 heteroatoms. The molecular weight excluding hydrogens is 396 g/mol. The number of carbonyl (C=O) groups is 4. The Morgan fingerprint density at radius 1 is 0.968 bits per heavy atom. The molecule has 0 fully saturated rings. The lowest BCUT2D eigenvalue weighted by molar-refractivity contribution is -0.147. The monoisotopic (exact) mass is 422 g/mol. The molecule has 3 atom stereocenters. The van der Waals surface area contributed by atoms with Crippen LogP contribution in [0.5, 0.6) is 0 Å². The van der Waals surface area contributed by atoms with Gasteiger partial charge in [-0.15, -0.1) is 0 Å². The summed E-state index contributed by atoms with van der Waals surface area (Å²) in [6.07, 6.45) is 0.767. The van der Waals surface area contributed by atoms with Crippen LogP contribution in [0.2, 0.25) is 0 Å². The van der Waals surface area contributed by atoms with Crippen molar-refractivity contribution in [3.63, 3.8) is 0 Å². The first-order valence-corrected chi connectivity index (χ1v) is 10.3. The Morgan fingerprint density at radius 3 is 2.03 bits per heavy atom. The van der Waals surface area contributed by atoms with Crippen molar-refractivity contribution >= 4 is 23.7 Å². The number of methoxy groups -OCH3 is 1. The lowest BCUT2D eigenvalue weighted by atomic mass is 9.97. The minimum atomic E-state index is -1.11. The third kappa shape index (κ3) is 4.50. The highest BCUT2D eigenvalue weighted by atomic mass is 16.5. The Hall–Kier alpha value is -3.48.